The smallest absolute Gasteiger partial charge is 0.341 e. The van der Waals surface area contributed by atoms with Gasteiger partial charge in [0.1, 0.15) is 22.0 Å². The molecule has 8 heteroatoms. The van der Waals surface area contributed by atoms with Gasteiger partial charge < -0.3 is 14.6 Å². The van der Waals surface area contributed by atoms with E-state index in [9.17, 15) is 9.59 Å². The first-order valence-corrected chi connectivity index (χ1v) is 12.6. The third-order valence-electron chi connectivity index (χ3n) is 6.42. The van der Waals surface area contributed by atoms with Crippen LogP contribution in [0.25, 0.3) is 11.3 Å². The zero-order chi connectivity index (χ0) is 24.6. The number of fused-ring (bicyclic) bond motifs is 1. The number of rotatable bonds is 5. The van der Waals surface area contributed by atoms with E-state index in [1.165, 1.54) is 11.3 Å². The van der Waals surface area contributed by atoms with Crippen LogP contribution < -0.4 is 5.32 Å². The summed E-state index contributed by atoms with van der Waals surface area (Å²) in [6, 6.07) is 7.16. The number of ether oxygens (including phenoxy) is 1. The van der Waals surface area contributed by atoms with E-state index in [0.717, 1.165) is 29.7 Å². The summed E-state index contributed by atoms with van der Waals surface area (Å²) in [5, 5.41) is 8.04. The largest absolute Gasteiger partial charge is 0.462 e. The van der Waals surface area contributed by atoms with Gasteiger partial charge in [0, 0.05) is 10.4 Å². The Morgan fingerprint density at radius 3 is 2.68 bits per heavy atom. The molecule has 1 N–H and O–H groups in total. The van der Waals surface area contributed by atoms with E-state index in [2.05, 4.69) is 31.2 Å². The minimum absolute atomic E-state index is 0.165. The summed E-state index contributed by atoms with van der Waals surface area (Å²) in [5.41, 5.74) is 2.90. The second-order valence-electron chi connectivity index (χ2n) is 9.63. The van der Waals surface area contributed by atoms with Crippen LogP contribution in [0, 0.1) is 18.3 Å². The molecule has 0 saturated carbocycles. The van der Waals surface area contributed by atoms with Gasteiger partial charge in [0.25, 0.3) is 5.91 Å². The van der Waals surface area contributed by atoms with Gasteiger partial charge in [-0.3, -0.25) is 4.79 Å². The molecule has 1 unspecified atom stereocenters. The van der Waals surface area contributed by atoms with E-state index in [-0.39, 0.29) is 12.0 Å². The number of hydrogen-bond acceptors (Lipinski definition) is 6. The molecule has 34 heavy (non-hydrogen) atoms. The van der Waals surface area contributed by atoms with E-state index >= 15 is 0 Å². The summed E-state index contributed by atoms with van der Waals surface area (Å²) in [5.74, 6) is 0.0756. The minimum atomic E-state index is -0.405. The van der Waals surface area contributed by atoms with E-state index in [1.807, 2.05) is 12.1 Å². The van der Waals surface area contributed by atoms with Gasteiger partial charge >= 0.3 is 5.97 Å². The second-order valence-corrected chi connectivity index (χ2v) is 11.1. The highest BCUT2D eigenvalue weighted by atomic mass is 35.5. The highest BCUT2D eigenvalue weighted by molar-refractivity contribution is 7.17. The molecular weight excluding hydrogens is 472 g/mol. The highest BCUT2D eigenvalue weighted by Gasteiger charge is 2.35. The van der Waals surface area contributed by atoms with Crippen LogP contribution in [0.3, 0.4) is 0 Å². The summed E-state index contributed by atoms with van der Waals surface area (Å²) in [4.78, 5) is 27.5. The van der Waals surface area contributed by atoms with Gasteiger partial charge in [0.05, 0.1) is 17.2 Å². The first-order chi connectivity index (χ1) is 16.1. The fourth-order valence-electron chi connectivity index (χ4n) is 4.47. The molecule has 180 valence electrons. The molecule has 6 nitrogen and oxygen atoms in total. The topological polar surface area (TPSA) is 81.4 Å². The maximum Gasteiger partial charge on any atom is 0.341 e. The SMILES string of the molecule is CCOC(=O)c1c(NC(=O)c2c(-c3ccccc3Cl)noc2C)sc2c1CCC(C(C)(C)C)C2. The molecule has 2 aromatic heterocycles. The van der Waals surface area contributed by atoms with Crippen molar-refractivity contribution in [1.82, 2.24) is 5.16 Å². The molecular formula is C26H29ClN2O4S. The van der Waals surface area contributed by atoms with Crippen molar-refractivity contribution in [1.29, 1.82) is 0 Å². The number of esters is 1. The fraction of sp³-hybridized carbons (Fsp3) is 0.423. The Hall–Kier alpha value is -2.64. The number of amides is 1. The van der Waals surface area contributed by atoms with Crippen molar-refractivity contribution in [3.63, 3.8) is 0 Å². The van der Waals surface area contributed by atoms with Crippen LogP contribution in [0.2, 0.25) is 5.02 Å². The lowest BCUT2D eigenvalue weighted by Crippen LogP contribution is -2.26. The molecule has 0 spiro atoms. The number of anilines is 1. The predicted octanol–water partition coefficient (Wildman–Crippen LogP) is 6.94. The van der Waals surface area contributed by atoms with Gasteiger partial charge in [0.15, 0.2) is 0 Å². The van der Waals surface area contributed by atoms with Crippen molar-refractivity contribution in [2.24, 2.45) is 11.3 Å². The number of aryl methyl sites for hydroxylation is 1. The Morgan fingerprint density at radius 1 is 1.26 bits per heavy atom. The van der Waals surface area contributed by atoms with Crippen molar-refractivity contribution >= 4 is 39.8 Å². The summed E-state index contributed by atoms with van der Waals surface area (Å²) >= 11 is 7.82. The number of carbonyl (C=O) groups excluding carboxylic acids is 2. The van der Waals surface area contributed by atoms with Crippen LogP contribution in [0.1, 0.15) is 71.0 Å². The molecule has 1 amide bonds. The monoisotopic (exact) mass is 500 g/mol. The van der Waals surface area contributed by atoms with Crippen molar-refractivity contribution in [2.45, 2.75) is 53.9 Å². The minimum Gasteiger partial charge on any atom is -0.462 e. The van der Waals surface area contributed by atoms with Gasteiger partial charge in [-0.25, -0.2) is 4.79 Å². The van der Waals surface area contributed by atoms with Crippen LogP contribution in [-0.2, 0) is 17.6 Å². The lowest BCUT2D eigenvalue weighted by Gasteiger charge is -2.33. The number of thiophene rings is 1. The van der Waals surface area contributed by atoms with E-state index in [1.54, 1.807) is 26.0 Å². The van der Waals surface area contributed by atoms with E-state index < -0.39 is 11.9 Å². The number of halogens is 1. The van der Waals surface area contributed by atoms with Crippen molar-refractivity contribution in [2.75, 3.05) is 11.9 Å². The first kappa shape index (κ1) is 24.5. The molecule has 2 heterocycles. The maximum absolute atomic E-state index is 13.5. The summed E-state index contributed by atoms with van der Waals surface area (Å²) in [6.45, 7) is 10.5. The van der Waals surface area contributed by atoms with E-state index in [0.29, 0.717) is 44.1 Å². The number of benzene rings is 1. The zero-order valence-corrected chi connectivity index (χ0v) is 21.7. The van der Waals surface area contributed by atoms with Crippen LogP contribution in [-0.4, -0.2) is 23.6 Å². The number of aromatic nitrogens is 1. The van der Waals surface area contributed by atoms with Gasteiger partial charge in [0.2, 0.25) is 0 Å². The molecule has 1 atom stereocenters. The fourth-order valence-corrected chi connectivity index (χ4v) is 6.01. The van der Waals surface area contributed by atoms with Gasteiger partial charge in [-0.05, 0) is 56.1 Å². The molecule has 1 aliphatic rings. The molecule has 0 saturated heterocycles. The standard InChI is InChI=1S/C26H29ClN2O4S/c1-6-32-25(31)21-17-12-11-15(26(3,4)5)13-19(17)34-24(21)28-23(30)20-14(2)33-29-22(20)16-9-7-8-10-18(16)27/h7-10,15H,6,11-13H2,1-5H3,(H,28,30). The van der Waals surface area contributed by atoms with Crippen LogP contribution in [0.15, 0.2) is 28.8 Å². The molecule has 4 rings (SSSR count). The molecule has 1 aliphatic carbocycles. The Bertz CT molecular complexity index is 1240. The Morgan fingerprint density at radius 2 is 2.00 bits per heavy atom. The summed E-state index contributed by atoms with van der Waals surface area (Å²) < 4.78 is 10.7. The molecule has 3 aromatic rings. The van der Waals surface area contributed by atoms with Crippen molar-refractivity contribution in [3.05, 3.63) is 56.6 Å². The van der Waals surface area contributed by atoms with Crippen molar-refractivity contribution < 1.29 is 18.8 Å². The van der Waals surface area contributed by atoms with Crippen LogP contribution >= 0.6 is 22.9 Å². The average molecular weight is 501 g/mol. The molecule has 0 bridgehead atoms. The Kier molecular flexibility index (Phi) is 6.87. The third-order valence-corrected chi connectivity index (χ3v) is 7.91. The van der Waals surface area contributed by atoms with Crippen LogP contribution in [0.5, 0.6) is 0 Å². The molecule has 0 fully saturated rings. The molecule has 0 aliphatic heterocycles. The predicted molar refractivity (Wildman–Crippen MR) is 135 cm³/mol. The van der Waals surface area contributed by atoms with E-state index in [4.69, 9.17) is 20.9 Å². The molecule has 1 aromatic carbocycles. The van der Waals surface area contributed by atoms with Crippen LogP contribution in [0.4, 0.5) is 5.00 Å². The Labute approximate surface area is 208 Å². The summed E-state index contributed by atoms with van der Waals surface area (Å²) in [6.07, 6.45) is 2.66. The number of carbonyl (C=O) groups is 2. The summed E-state index contributed by atoms with van der Waals surface area (Å²) in [7, 11) is 0. The van der Waals surface area contributed by atoms with Crippen molar-refractivity contribution in [3.8, 4) is 11.3 Å². The van der Waals surface area contributed by atoms with Gasteiger partial charge in [-0.2, -0.15) is 0 Å². The zero-order valence-electron chi connectivity index (χ0n) is 20.1. The average Bonchev–Trinajstić information content (AvgIpc) is 3.33. The number of nitrogens with zero attached hydrogens (tertiary/aromatic N) is 1. The quantitative estimate of drug-likeness (QED) is 0.383. The first-order valence-electron chi connectivity index (χ1n) is 11.5. The van der Waals surface area contributed by atoms with Gasteiger partial charge in [-0.1, -0.05) is 55.7 Å². The molecule has 0 radical (unpaired) electrons. The van der Waals surface area contributed by atoms with Gasteiger partial charge in [-0.15, -0.1) is 11.3 Å². The third kappa shape index (κ3) is 4.64. The lowest BCUT2D eigenvalue weighted by molar-refractivity contribution is 0.0526. The Balaban J connectivity index is 1.72. The number of hydrogen-bond donors (Lipinski definition) is 1. The lowest BCUT2D eigenvalue weighted by atomic mass is 9.72. The normalized spacial score (nSPS) is 15.6. The highest BCUT2D eigenvalue weighted by Crippen LogP contribution is 2.45. The number of nitrogens with one attached hydrogen (secondary N) is 1. The second kappa shape index (κ2) is 9.55. The maximum atomic E-state index is 13.5.